The molecule has 0 rings (SSSR count). The van der Waals surface area contributed by atoms with Crippen LogP contribution < -0.4 is 0 Å². The van der Waals surface area contributed by atoms with Gasteiger partial charge >= 0.3 is 0 Å². The van der Waals surface area contributed by atoms with Crippen LogP contribution in [0.4, 0.5) is 0 Å². The van der Waals surface area contributed by atoms with Crippen molar-refractivity contribution in [3.63, 3.8) is 0 Å². The minimum atomic E-state index is -2.28. The maximum Gasteiger partial charge on any atom is 0.0273 e. The molecule has 0 amide bonds. The Morgan fingerprint density at radius 2 is 2.00 bits per heavy atom. The van der Waals surface area contributed by atoms with Crippen molar-refractivity contribution < 1.29 is 8.22 Å². The minimum absolute atomic E-state index is 0.708. The molecular weight excluding hydrogens is 48.0 g/mol. The lowest BCUT2D eigenvalue weighted by Crippen LogP contribution is -1.26. The first-order valence-electron chi connectivity index (χ1n) is 3.91. The molecule has 24 valence electrons. The van der Waals surface area contributed by atoms with Gasteiger partial charge in [0, 0.05) is 8.22 Å². The van der Waals surface area contributed by atoms with E-state index in [2.05, 4.69) is 0 Å². The number of allylic oxidation sites excluding steroid dienone is 2. The van der Waals surface area contributed by atoms with Crippen LogP contribution in [0.1, 0.15) is 21.9 Å². The van der Waals surface area contributed by atoms with Crippen LogP contribution in [0.5, 0.6) is 0 Å². The van der Waals surface area contributed by atoms with Crippen LogP contribution in [0.25, 0.3) is 0 Å². The number of hydrogen-bond donors (Lipinski definition) is 0. The first kappa shape index (κ1) is 0.368. The van der Waals surface area contributed by atoms with Crippen LogP contribution in [0.2, 0.25) is 0 Å². The molecule has 0 radical (unpaired) electrons. The molecule has 0 aliphatic carbocycles. The van der Waals surface area contributed by atoms with Crippen molar-refractivity contribution in [3.8, 4) is 0 Å². The average molecular weight is 62.1 g/mol. The summed E-state index contributed by atoms with van der Waals surface area (Å²) in [6.07, 6.45) is 1.42. The monoisotopic (exact) mass is 62.1 g/mol. The molecule has 0 aliphatic heterocycles. The van der Waals surface area contributed by atoms with Crippen LogP contribution in [0.15, 0.2) is 12.2 Å². The van der Waals surface area contributed by atoms with Crippen molar-refractivity contribution in [1.82, 2.24) is 0 Å². The number of hydrogen-bond acceptors (Lipinski definition) is 0. The van der Waals surface area contributed by atoms with E-state index in [1.165, 1.54) is 0 Å². The summed E-state index contributed by atoms with van der Waals surface area (Å²) in [6, 6.07) is 0. The normalized spacial score (nSPS) is 38.0. The highest BCUT2D eigenvalue weighted by atomic mass is 13.4. The fraction of sp³-hybridized carbons (Fsp3) is 0.500. The first-order chi connectivity index (χ1) is 4.21. The highest BCUT2D eigenvalue weighted by Gasteiger charge is 1.34. The van der Waals surface area contributed by atoms with Gasteiger partial charge in [0.1, 0.15) is 0 Å². The predicted molar refractivity (Wildman–Crippen MR) is 20.5 cm³/mol. The SMILES string of the molecule is [2H]C([2H])([2H])C=CC([2H])([2H])[2H]. The largest absolute Gasteiger partial charge is 0.0919 e. The Balaban J connectivity index is 4.01. The summed E-state index contributed by atoms with van der Waals surface area (Å²) >= 11 is 0. The van der Waals surface area contributed by atoms with Crippen molar-refractivity contribution in [1.29, 1.82) is 0 Å². The fourth-order valence-electron chi connectivity index (χ4n) is 0. The molecule has 0 heteroatoms. The molecular formula is C4H8. The molecule has 0 aromatic carbocycles. The van der Waals surface area contributed by atoms with E-state index in [1.54, 1.807) is 0 Å². The Kier molecular flexibility index (Phi) is 0.252. The molecule has 0 spiro atoms. The van der Waals surface area contributed by atoms with Gasteiger partial charge in [0.25, 0.3) is 0 Å². The van der Waals surface area contributed by atoms with E-state index in [-0.39, 0.29) is 0 Å². The topological polar surface area (TPSA) is 0 Å². The Hall–Kier alpha value is -0.260. The van der Waals surface area contributed by atoms with Gasteiger partial charge in [-0.25, -0.2) is 0 Å². The summed E-state index contributed by atoms with van der Waals surface area (Å²) in [7, 11) is 0. The fourth-order valence-corrected chi connectivity index (χ4v) is 0. The molecule has 0 atom stereocenters. The van der Waals surface area contributed by atoms with Crippen molar-refractivity contribution in [2.45, 2.75) is 13.7 Å². The van der Waals surface area contributed by atoms with Gasteiger partial charge in [0.05, 0.1) is 0 Å². The van der Waals surface area contributed by atoms with Gasteiger partial charge in [-0.1, -0.05) is 12.2 Å². The molecule has 0 unspecified atom stereocenters. The molecule has 0 saturated carbocycles. The maximum atomic E-state index is 6.61. The molecule has 0 aromatic heterocycles. The standard InChI is InChI=1S/C4H8/c1-3-4-2/h3-4H,1-2H3/i1D3,2D3. The van der Waals surface area contributed by atoms with Crippen LogP contribution in [-0.2, 0) is 0 Å². The summed E-state index contributed by atoms with van der Waals surface area (Å²) in [5.41, 5.74) is 0. The summed E-state index contributed by atoms with van der Waals surface area (Å²) in [6.45, 7) is -4.57. The first-order valence-corrected chi connectivity index (χ1v) is 0.911. The van der Waals surface area contributed by atoms with Crippen molar-refractivity contribution in [2.24, 2.45) is 0 Å². The van der Waals surface area contributed by atoms with E-state index < -0.39 is 13.7 Å². The summed E-state index contributed by atoms with van der Waals surface area (Å²) < 4.78 is 39.6. The lowest BCUT2D eigenvalue weighted by molar-refractivity contribution is 1.64. The van der Waals surface area contributed by atoms with Crippen LogP contribution in [0, 0.1) is 0 Å². The third-order valence-electron chi connectivity index (χ3n) is 0.0833. The molecule has 0 bridgehead atoms. The Labute approximate surface area is 35.6 Å². The van der Waals surface area contributed by atoms with Crippen LogP contribution >= 0.6 is 0 Å². The zero-order valence-corrected chi connectivity index (χ0v) is 2.15. The van der Waals surface area contributed by atoms with E-state index in [0.717, 1.165) is 0 Å². The maximum absolute atomic E-state index is 6.61. The van der Waals surface area contributed by atoms with Gasteiger partial charge in [-0.05, 0) is 13.7 Å². The highest BCUT2D eigenvalue weighted by Crippen LogP contribution is 1.57. The van der Waals surface area contributed by atoms with Gasteiger partial charge < -0.3 is 0 Å². The van der Waals surface area contributed by atoms with E-state index >= 15 is 0 Å². The van der Waals surface area contributed by atoms with Crippen molar-refractivity contribution in [3.05, 3.63) is 12.2 Å². The van der Waals surface area contributed by atoms with Crippen molar-refractivity contribution in [2.75, 3.05) is 0 Å². The van der Waals surface area contributed by atoms with Gasteiger partial charge in [0.15, 0.2) is 0 Å². The summed E-state index contributed by atoms with van der Waals surface area (Å²) in [5.74, 6) is 0. The van der Waals surface area contributed by atoms with Gasteiger partial charge in [-0.3, -0.25) is 0 Å². The molecule has 0 N–H and O–H groups in total. The third kappa shape index (κ3) is 1.74. The smallest absolute Gasteiger partial charge is 0.0273 e. The van der Waals surface area contributed by atoms with Crippen LogP contribution in [-0.4, -0.2) is 0 Å². The second-order valence-corrected chi connectivity index (χ2v) is 0.333. The second kappa shape index (κ2) is 2.74. The highest BCUT2D eigenvalue weighted by molar-refractivity contribution is 4.68. The molecule has 0 heterocycles. The molecule has 0 aromatic rings. The van der Waals surface area contributed by atoms with E-state index in [0.29, 0.717) is 12.2 Å². The van der Waals surface area contributed by atoms with Gasteiger partial charge in [-0.2, -0.15) is 0 Å². The predicted octanol–water partition coefficient (Wildman–Crippen LogP) is 1.58. The average Bonchev–Trinajstić information content (AvgIpc) is 1.57. The Morgan fingerprint density at radius 3 is 2.25 bits per heavy atom. The molecule has 4 heavy (non-hydrogen) atoms. The zero-order valence-electron chi connectivity index (χ0n) is 8.15. The van der Waals surface area contributed by atoms with E-state index in [1.807, 2.05) is 0 Å². The summed E-state index contributed by atoms with van der Waals surface area (Å²) in [4.78, 5) is 0. The lowest BCUT2D eigenvalue weighted by atomic mass is 10.6. The molecule has 0 nitrogen and oxygen atoms in total. The van der Waals surface area contributed by atoms with Crippen LogP contribution in [0.3, 0.4) is 0 Å². The second-order valence-electron chi connectivity index (χ2n) is 0.333. The quantitative estimate of drug-likeness (QED) is 0.374. The van der Waals surface area contributed by atoms with E-state index in [4.69, 9.17) is 8.22 Å². The molecule has 0 aliphatic rings. The lowest BCUT2D eigenvalue weighted by Gasteiger charge is -1.49. The van der Waals surface area contributed by atoms with E-state index in [9.17, 15) is 0 Å². The molecule has 0 fully saturated rings. The zero-order chi connectivity index (χ0) is 8.41. The van der Waals surface area contributed by atoms with Gasteiger partial charge in [0.2, 0.25) is 0 Å². The van der Waals surface area contributed by atoms with Gasteiger partial charge in [-0.15, -0.1) is 0 Å². The minimum Gasteiger partial charge on any atom is -0.0919 e. The third-order valence-corrected chi connectivity index (χ3v) is 0.0833. The Morgan fingerprint density at radius 1 is 1.50 bits per heavy atom. The van der Waals surface area contributed by atoms with Crippen molar-refractivity contribution >= 4 is 0 Å². The summed E-state index contributed by atoms with van der Waals surface area (Å²) in [5, 5.41) is 0. The molecule has 0 saturated heterocycles. The Bertz CT molecular complexity index is 110. The number of rotatable bonds is 0.